The number of hydrogen-bond acceptors (Lipinski definition) is 5. The van der Waals surface area contributed by atoms with E-state index >= 15 is 0 Å². The molecule has 0 spiro atoms. The number of hydrogen-bond donors (Lipinski definition) is 2. The average Bonchev–Trinajstić information content (AvgIpc) is 2.97. The molecule has 0 saturated heterocycles. The molecule has 1 amide bonds. The van der Waals surface area contributed by atoms with Crippen LogP contribution in [0.1, 0.15) is 11.5 Å². The van der Waals surface area contributed by atoms with Gasteiger partial charge >= 0.3 is 0 Å². The van der Waals surface area contributed by atoms with Gasteiger partial charge in [0, 0.05) is 6.54 Å². The quantitative estimate of drug-likeness (QED) is 0.737. The summed E-state index contributed by atoms with van der Waals surface area (Å²) in [5.41, 5.74) is 6.04. The van der Waals surface area contributed by atoms with Crippen molar-refractivity contribution in [2.24, 2.45) is 5.73 Å². The van der Waals surface area contributed by atoms with Crippen molar-refractivity contribution in [3.8, 4) is 0 Å². The smallest absolute Gasteiger partial charge is 0.242 e. The zero-order valence-electron chi connectivity index (χ0n) is 9.17. The van der Waals surface area contributed by atoms with Crippen LogP contribution in [0.5, 0.6) is 0 Å². The van der Waals surface area contributed by atoms with Crippen LogP contribution in [0, 0.1) is 0 Å². The van der Waals surface area contributed by atoms with Crippen LogP contribution >= 0.6 is 0 Å². The number of nitrogens with one attached hydrogen (secondary N) is 1. The number of furan rings is 1. The van der Waals surface area contributed by atoms with Gasteiger partial charge in [0.25, 0.3) is 0 Å². The second-order valence-electron chi connectivity index (χ2n) is 3.47. The van der Waals surface area contributed by atoms with Gasteiger partial charge < -0.3 is 15.5 Å². The molecule has 0 radical (unpaired) electrons. The van der Waals surface area contributed by atoms with Gasteiger partial charge in [-0.25, -0.2) is 4.68 Å². The lowest BCUT2D eigenvalue weighted by Crippen LogP contribution is -2.27. The first kappa shape index (κ1) is 11.3. The number of nitrogens with zero attached hydrogens (tertiary/aromatic N) is 3. The molecule has 0 aliphatic rings. The van der Waals surface area contributed by atoms with Crippen molar-refractivity contribution in [3.05, 3.63) is 36.0 Å². The van der Waals surface area contributed by atoms with Gasteiger partial charge in [0.1, 0.15) is 12.3 Å². The summed E-state index contributed by atoms with van der Waals surface area (Å²) in [5, 5.41) is 10.3. The predicted octanol–water partition coefficient (Wildman–Crippen LogP) is -0.354. The highest BCUT2D eigenvalue weighted by atomic mass is 16.3. The van der Waals surface area contributed by atoms with E-state index in [2.05, 4.69) is 15.6 Å². The van der Waals surface area contributed by atoms with E-state index in [9.17, 15) is 4.79 Å². The second kappa shape index (κ2) is 5.26. The summed E-state index contributed by atoms with van der Waals surface area (Å²) in [4.78, 5) is 11.5. The fourth-order valence-electron chi connectivity index (χ4n) is 1.31. The van der Waals surface area contributed by atoms with Gasteiger partial charge in [0.15, 0.2) is 0 Å². The molecule has 0 aliphatic carbocycles. The molecule has 7 heteroatoms. The first-order valence-corrected chi connectivity index (χ1v) is 5.16. The topological polar surface area (TPSA) is 99.0 Å². The van der Waals surface area contributed by atoms with Crippen molar-refractivity contribution in [3.63, 3.8) is 0 Å². The van der Waals surface area contributed by atoms with Crippen LogP contribution in [0.15, 0.2) is 29.0 Å². The maximum Gasteiger partial charge on any atom is 0.242 e. The van der Waals surface area contributed by atoms with Crippen molar-refractivity contribution in [2.45, 2.75) is 19.6 Å². The van der Waals surface area contributed by atoms with E-state index in [-0.39, 0.29) is 12.5 Å². The minimum absolute atomic E-state index is 0.119. The fraction of sp³-hybridized carbons (Fsp3) is 0.300. The van der Waals surface area contributed by atoms with Gasteiger partial charge in [-0.05, 0) is 12.1 Å². The van der Waals surface area contributed by atoms with Crippen LogP contribution in [0.2, 0.25) is 0 Å². The Hall–Kier alpha value is -2.15. The maximum atomic E-state index is 11.5. The Morgan fingerprint density at radius 3 is 3.12 bits per heavy atom. The van der Waals surface area contributed by atoms with Crippen molar-refractivity contribution in [1.82, 2.24) is 20.3 Å². The number of carbonyl (C=O) groups excluding carboxylic acids is 1. The summed E-state index contributed by atoms with van der Waals surface area (Å²) in [6.45, 7) is 0.798. The summed E-state index contributed by atoms with van der Waals surface area (Å²) >= 11 is 0. The zero-order valence-corrected chi connectivity index (χ0v) is 9.17. The molecular weight excluding hydrogens is 222 g/mol. The number of amides is 1. The van der Waals surface area contributed by atoms with E-state index in [1.807, 2.05) is 0 Å². The Balaban J connectivity index is 1.81. The lowest BCUT2D eigenvalue weighted by molar-refractivity contribution is -0.122. The molecule has 17 heavy (non-hydrogen) atoms. The molecule has 7 nitrogen and oxygen atoms in total. The highest BCUT2D eigenvalue weighted by Crippen LogP contribution is 1.98. The lowest BCUT2D eigenvalue weighted by Gasteiger charge is -2.02. The molecule has 0 bridgehead atoms. The third kappa shape index (κ3) is 3.15. The molecule has 0 saturated carbocycles. The highest BCUT2D eigenvalue weighted by molar-refractivity contribution is 5.75. The zero-order chi connectivity index (χ0) is 12.1. The number of aromatic nitrogens is 3. The van der Waals surface area contributed by atoms with Crippen molar-refractivity contribution in [2.75, 3.05) is 0 Å². The molecule has 0 aliphatic heterocycles. The molecule has 90 valence electrons. The molecule has 2 aromatic heterocycles. The molecule has 0 fully saturated rings. The molecule has 2 rings (SSSR count). The summed E-state index contributed by atoms with van der Waals surface area (Å²) in [6, 6.07) is 3.56. The lowest BCUT2D eigenvalue weighted by atomic mass is 10.4. The van der Waals surface area contributed by atoms with Gasteiger partial charge in [-0.15, -0.1) is 5.10 Å². The Bertz CT molecular complexity index is 477. The van der Waals surface area contributed by atoms with Crippen LogP contribution < -0.4 is 11.1 Å². The van der Waals surface area contributed by atoms with Gasteiger partial charge in [-0.3, -0.25) is 4.79 Å². The average molecular weight is 235 g/mol. The number of carbonyl (C=O) groups is 1. The number of nitrogens with two attached hydrogens (primary N) is 1. The largest absolute Gasteiger partial charge is 0.467 e. The highest BCUT2D eigenvalue weighted by Gasteiger charge is 2.05. The van der Waals surface area contributed by atoms with E-state index in [0.29, 0.717) is 24.5 Å². The van der Waals surface area contributed by atoms with E-state index in [0.717, 1.165) is 0 Å². The minimum atomic E-state index is -0.158. The summed E-state index contributed by atoms with van der Waals surface area (Å²) in [7, 11) is 0. The summed E-state index contributed by atoms with van der Waals surface area (Å²) < 4.78 is 6.53. The summed E-state index contributed by atoms with van der Waals surface area (Å²) in [6.07, 6.45) is 3.21. The van der Waals surface area contributed by atoms with E-state index < -0.39 is 0 Å². The minimum Gasteiger partial charge on any atom is -0.467 e. The predicted molar refractivity (Wildman–Crippen MR) is 58.5 cm³/mol. The van der Waals surface area contributed by atoms with Gasteiger partial charge in [-0.1, -0.05) is 5.21 Å². The molecule has 2 aromatic rings. The third-order valence-corrected chi connectivity index (χ3v) is 2.14. The fourth-order valence-corrected chi connectivity index (χ4v) is 1.31. The normalized spacial score (nSPS) is 10.4. The Labute approximate surface area is 97.6 Å². The standard InChI is InChI=1S/C10H13N5O2/c11-4-8-6-15(14-13-8)7-10(16)12-5-9-2-1-3-17-9/h1-3,6H,4-5,7,11H2,(H,12,16). The van der Waals surface area contributed by atoms with E-state index in [4.69, 9.17) is 10.2 Å². The Morgan fingerprint density at radius 2 is 2.47 bits per heavy atom. The molecular formula is C10H13N5O2. The first-order chi connectivity index (χ1) is 8.28. The van der Waals surface area contributed by atoms with Gasteiger partial charge in [-0.2, -0.15) is 0 Å². The van der Waals surface area contributed by atoms with Crippen LogP contribution in [0.3, 0.4) is 0 Å². The molecule has 3 N–H and O–H groups in total. The molecule has 0 aromatic carbocycles. The van der Waals surface area contributed by atoms with E-state index in [1.54, 1.807) is 24.6 Å². The van der Waals surface area contributed by atoms with Crippen LogP contribution in [-0.2, 0) is 24.4 Å². The second-order valence-corrected chi connectivity index (χ2v) is 3.47. The Kier molecular flexibility index (Phi) is 3.51. The van der Waals surface area contributed by atoms with Gasteiger partial charge in [0.05, 0.1) is 24.7 Å². The van der Waals surface area contributed by atoms with Crippen molar-refractivity contribution in [1.29, 1.82) is 0 Å². The number of rotatable bonds is 5. The van der Waals surface area contributed by atoms with Crippen LogP contribution in [0.25, 0.3) is 0 Å². The third-order valence-electron chi connectivity index (χ3n) is 2.14. The molecule has 2 heterocycles. The van der Waals surface area contributed by atoms with Crippen LogP contribution in [0.4, 0.5) is 0 Å². The monoisotopic (exact) mass is 235 g/mol. The maximum absolute atomic E-state index is 11.5. The summed E-state index contributed by atoms with van der Waals surface area (Å²) in [5.74, 6) is 0.550. The first-order valence-electron chi connectivity index (χ1n) is 5.16. The van der Waals surface area contributed by atoms with Gasteiger partial charge in [0.2, 0.25) is 5.91 Å². The molecule has 0 unspecified atom stereocenters. The van der Waals surface area contributed by atoms with Crippen molar-refractivity contribution < 1.29 is 9.21 Å². The van der Waals surface area contributed by atoms with Crippen LogP contribution in [-0.4, -0.2) is 20.9 Å². The van der Waals surface area contributed by atoms with E-state index in [1.165, 1.54) is 4.68 Å². The van der Waals surface area contributed by atoms with Crippen molar-refractivity contribution >= 4 is 5.91 Å². The SMILES string of the molecule is NCc1cn(CC(=O)NCc2ccco2)nn1. The molecule has 0 atom stereocenters. The Morgan fingerprint density at radius 1 is 1.59 bits per heavy atom.